The summed E-state index contributed by atoms with van der Waals surface area (Å²) in [4.78, 5) is 0. The molecule has 0 aromatic heterocycles. The summed E-state index contributed by atoms with van der Waals surface area (Å²) in [5, 5.41) is 0. The van der Waals surface area contributed by atoms with Gasteiger partial charge in [-0.25, -0.2) is 0 Å². The van der Waals surface area contributed by atoms with E-state index in [2.05, 4.69) is 6.92 Å². The second-order valence-corrected chi connectivity index (χ2v) is 5.77. The topological polar surface area (TPSA) is 26.0 Å². The van der Waals surface area contributed by atoms with Crippen LogP contribution in [0.1, 0.15) is 58.3 Å². The molecule has 2 saturated carbocycles. The monoisotopic (exact) mass is 195 g/mol. The second kappa shape index (κ2) is 4.22. The summed E-state index contributed by atoms with van der Waals surface area (Å²) >= 11 is 0. The average molecular weight is 195 g/mol. The second-order valence-electron chi connectivity index (χ2n) is 5.77. The first-order chi connectivity index (χ1) is 6.77. The Bertz CT molecular complexity index is 174. The Kier molecular flexibility index (Phi) is 3.16. The van der Waals surface area contributed by atoms with E-state index in [0.29, 0.717) is 5.41 Å². The van der Waals surface area contributed by atoms with E-state index in [1.165, 1.54) is 51.4 Å². The van der Waals surface area contributed by atoms with Crippen LogP contribution in [0.25, 0.3) is 0 Å². The van der Waals surface area contributed by atoms with Crippen LogP contribution in [0, 0.1) is 17.3 Å². The summed E-state index contributed by atoms with van der Waals surface area (Å²) in [6.07, 6.45) is 11.6. The first-order valence-corrected chi connectivity index (χ1v) is 6.47. The van der Waals surface area contributed by atoms with E-state index < -0.39 is 0 Å². The molecule has 2 aliphatic carbocycles. The lowest BCUT2D eigenvalue weighted by atomic mass is 9.55. The van der Waals surface area contributed by atoms with Crippen molar-refractivity contribution >= 4 is 0 Å². The molecule has 0 saturated heterocycles. The van der Waals surface area contributed by atoms with Gasteiger partial charge in [-0.05, 0) is 49.5 Å². The van der Waals surface area contributed by atoms with Crippen molar-refractivity contribution in [3.63, 3.8) is 0 Å². The van der Waals surface area contributed by atoms with Crippen LogP contribution in [-0.2, 0) is 0 Å². The maximum Gasteiger partial charge on any atom is -0.00177 e. The van der Waals surface area contributed by atoms with Gasteiger partial charge < -0.3 is 5.73 Å². The van der Waals surface area contributed by atoms with Crippen molar-refractivity contribution < 1.29 is 0 Å². The fourth-order valence-corrected chi connectivity index (χ4v) is 3.89. The van der Waals surface area contributed by atoms with Crippen LogP contribution in [0.15, 0.2) is 0 Å². The standard InChI is InChI=1S/C13H25N/c1-11-8-13(9-11,10-14)12-6-4-2-3-5-7-12/h11-12H,2-10,14H2,1H3. The smallest absolute Gasteiger partial charge is 0.00177 e. The molecule has 0 spiro atoms. The van der Waals surface area contributed by atoms with Gasteiger partial charge in [0.2, 0.25) is 0 Å². The lowest BCUT2D eigenvalue weighted by Gasteiger charge is -2.51. The maximum absolute atomic E-state index is 6.01. The molecule has 14 heavy (non-hydrogen) atoms. The molecule has 0 unspecified atom stereocenters. The van der Waals surface area contributed by atoms with Crippen LogP contribution >= 0.6 is 0 Å². The minimum Gasteiger partial charge on any atom is -0.330 e. The minimum atomic E-state index is 0.573. The molecule has 1 nitrogen and oxygen atoms in total. The highest BCUT2D eigenvalue weighted by atomic mass is 14.7. The van der Waals surface area contributed by atoms with Crippen LogP contribution < -0.4 is 5.73 Å². The number of nitrogens with two attached hydrogens (primary N) is 1. The zero-order valence-electron chi connectivity index (χ0n) is 9.60. The molecule has 2 fully saturated rings. The van der Waals surface area contributed by atoms with Crippen LogP contribution in [0.2, 0.25) is 0 Å². The Morgan fingerprint density at radius 2 is 1.64 bits per heavy atom. The van der Waals surface area contributed by atoms with Crippen molar-refractivity contribution in [3.8, 4) is 0 Å². The van der Waals surface area contributed by atoms with Crippen LogP contribution in [0.4, 0.5) is 0 Å². The summed E-state index contributed by atoms with van der Waals surface area (Å²) in [5.74, 6) is 1.91. The Balaban J connectivity index is 1.96. The van der Waals surface area contributed by atoms with Crippen molar-refractivity contribution in [2.24, 2.45) is 23.0 Å². The van der Waals surface area contributed by atoms with E-state index in [1.54, 1.807) is 0 Å². The van der Waals surface area contributed by atoms with Gasteiger partial charge in [-0.15, -0.1) is 0 Å². The summed E-state index contributed by atoms with van der Waals surface area (Å²) in [6.45, 7) is 3.33. The number of rotatable bonds is 2. The van der Waals surface area contributed by atoms with Gasteiger partial charge in [-0.3, -0.25) is 0 Å². The zero-order chi connectivity index (χ0) is 10.0. The minimum absolute atomic E-state index is 0.573. The van der Waals surface area contributed by atoms with Crippen molar-refractivity contribution in [3.05, 3.63) is 0 Å². The zero-order valence-corrected chi connectivity index (χ0v) is 9.60. The van der Waals surface area contributed by atoms with Crippen molar-refractivity contribution in [1.82, 2.24) is 0 Å². The van der Waals surface area contributed by atoms with E-state index in [1.807, 2.05) is 0 Å². The molecule has 1 heteroatoms. The van der Waals surface area contributed by atoms with Crippen molar-refractivity contribution in [2.45, 2.75) is 58.3 Å². The fourth-order valence-electron chi connectivity index (χ4n) is 3.89. The molecule has 2 N–H and O–H groups in total. The van der Waals surface area contributed by atoms with Gasteiger partial charge in [-0.1, -0.05) is 32.6 Å². The first kappa shape index (κ1) is 10.5. The molecule has 0 bridgehead atoms. The van der Waals surface area contributed by atoms with E-state index in [9.17, 15) is 0 Å². The van der Waals surface area contributed by atoms with Crippen LogP contribution in [0.3, 0.4) is 0 Å². The van der Waals surface area contributed by atoms with Crippen molar-refractivity contribution in [2.75, 3.05) is 6.54 Å². The molecular formula is C13H25N. The third kappa shape index (κ3) is 1.84. The maximum atomic E-state index is 6.01. The van der Waals surface area contributed by atoms with Crippen LogP contribution in [0.5, 0.6) is 0 Å². The predicted octanol–water partition coefficient (Wildman–Crippen LogP) is 3.33. The molecule has 0 aromatic rings. The van der Waals surface area contributed by atoms with Crippen LogP contribution in [-0.4, -0.2) is 6.54 Å². The summed E-state index contributed by atoms with van der Waals surface area (Å²) in [7, 11) is 0. The summed E-state index contributed by atoms with van der Waals surface area (Å²) in [6, 6.07) is 0. The van der Waals surface area contributed by atoms with Gasteiger partial charge >= 0.3 is 0 Å². The third-order valence-electron chi connectivity index (χ3n) is 4.64. The molecule has 0 aromatic carbocycles. The number of hydrogen-bond donors (Lipinski definition) is 1. The highest BCUT2D eigenvalue weighted by molar-refractivity contribution is 4.97. The van der Waals surface area contributed by atoms with Gasteiger partial charge in [0.15, 0.2) is 0 Å². The predicted molar refractivity (Wildman–Crippen MR) is 61.1 cm³/mol. The molecule has 0 aliphatic heterocycles. The quantitative estimate of drug-likeness (QED) is 0.672. The SMILES string of the molecule is CC1CC(CN)(C2CCCCCC2)C1. The Morgan fingerprint density at radius 1 is 1.07 bits per heavy atom. The van der Waals surface area contributed by atoms with Gasteiger partial charge in [0.05, 0.1) is 0 Å². The highest BCUT2D eigenvalue weighted by Gasteiger charge is 2.46. The Morgan fingerprint density at radius 3 is 2.07 bits per heavy atom. The van der Waals surface area contributed by atoms with E-state index in [0.717, 1.165) is 18.4 Å². The third-order valence-corrected chi connectivity index (χ3v) is 4.64. The molecule has 2 aliphatic rings. The Labute approximate surface area is 88.4 Å². The average Bonchev–Trinajstić information content (AvgIpc) is 2.40. The Hall–Kier alpha value is -0.0400. The molecular weight excluding hydrogens is 170 g/mol. The summed E-state index contributed by atoms with van der Waals surface area (Å²) in [5.41, 5.74) is 6.59. The van der Waals surface area contributed by atoms with Gasteiger partial charge in [0, 0.05) is 0 Å². The molecule has 82 valence electrons. The lowest BCUT2D eigenvalue weighted by molar-refractivity contribution is 0.00102. The first-order valence-electron chi connectivity index (χ1n) is 6.47. The lowest BCUT2D eigenvalue weighted by Crippen LogP contribution is -2.47. The molecule has 0 heterocycles. The largest absolute Gasteiger partial charge is 0.330 e. The molecule has 0 atom stereocenters. The molecule has 0 radical (unpaired) electrons. The van der Waals surface area contributed by atoms with Gasteiger partial charge in [-0.2, -0.15) is 0 Å². The normalized spacial score (nSPS) is 40.3. The molecule has 0 amide bonds. The van der Waals surface area contributed by atoms with Crippen molar-refractivity contribution in [1.29, 1.82) is 0 Å². The van der Waals surface area contributed by atoms with E-state index in [4.69, 9.17) is 5.73 Å². The van der Waals surface area contributed by atoms with E-state index >= 15 is 0 Å². The van der Waals surface area contributed by atoms with E-state index in [-0.39, 0.29) is 0 Å². The fraction of sp³-hybridized carbons (Fsp3) is 1.00. The van der Waals surface area contributed by atoms with Gasteiger partial charge in [0.1, 0.15) is 0 Å². The molecule has 2 rings (SSSR count). The highest BCUT2D eigenvalue weighted by Crippen LogP contribution is 2.53. The number of hydrogen-bond acceptors (Lipinski definition) is 1. The van der Waals surface area contributed by atoms with Gasteiger partial charge in [0.25, 0.3) is 0 Å². The summed E-state index contributed by atoms with van der Waals surface area (Å²) < 4.78 is 0.